The minimum atomic E-state index is -0.478. The second kappa shape index (κ2) is 11.7. The molecule has 0 bridgehead atoms. The van der Waals surface area contributed by atoms with Crippen LogP contribution in [0, 0.1) is 6.92 Å². The number of hydrogen-bond donors (Lipinski definition) is 3. The van der Waals surface area contributed by atoms with Gasteiger partial charge in [0.15, 0.2) is 5.96 Å². The lowest BCUT2D eigenvalue weighted by atomic mass is 10.2. The molecule has 1 heterocycles. The molecule has 0 spiro atoms. The molecule has 1 aromatic heterocycles. The molecule has 0 aliphatic rings. The van der Waals surface area contributed by atoms with Crippen LogP contribution in [-0.4, -0.2) is 25.7 Å². The molecule has 0 radical (unpaired) electrons. The highest BCUT2D eigenvalue weighted by Gasteiger charge is 2.03. The Hall–Kier alpha value is -1.81. The summed E-state index contributed by atoms with van der Waals surface area (Å²) in [4.78, 5) is 17.1. The molecule has 0 saturated carbocycles. The van der Waals surface area contributed by atoms with Crippen molar-refractivity contribution in [3.05, 3.63) is 51.7 Å². The zero-order chi connectivity index (χ0) is 18.1. The summed E-state index contributed by atoms with van der Waals surface area (Å²) in [5, 5.41) is 11.3. The standard InChI is InChI=1S/C18H24N4O2S.HI/c1-4-19-17(21-12-16-13(2)9-10-25-16)20-11-14-5-7-15(8-6-14)22-18(23)24-3;/h5-10H,4,11-12H2,1-3H3,(H,22,23)(H2,19,20,21);1H. The molecule has 2 rings (SSSR count). The Morgan fingerprint density at radius 1 is 1.19 bits per heavy atom. The summed E-state index contributed by atoms with van der Waals surface area (Å²) in [7, 11) is 1.34. The second-order valence-corrected chi connectivity index (χ2v) is 6.39. The monoisotopic (exact) mass is 488 g/mol. The summed E-state index contributed by atoms with van der Waals surface area (Å²) in [6.07, 6.45) is -0.478. The first kappa shape index (κ1) is 22.2. The topological polar surface area (TPSA) is 74.8 Å². The van der Waals surface area contributed by atoms with E-state index in [4.69, 9.17) is 0 Å². The van der Waals surface area contributed by atoms with Gasteiger partial charge >= 0.3 is 6.09 Å². The Morgan fingerprint density at radius 3 is 2.50 bits per heavy atom. The van der Waals surface area contributed by atoms with Gasteiger partial charge in [-0.05, 0) is 48.6 Å². The van der Waals surface area contributed by atoms with Crippen molar-refractivity contribution < 1.29 is 9.53 Å². The van der Waals surface area contributed by atoms with Gasteiger partial charge in [0.2, 0.25) is 0 Å². The van der Waals surface area contributed by atoms with Gasteiger partial charge in [-0.3, -0.25) is 5.32 Å². The zero-order valence-corrected chi connectivity index (χ0v) is 18.3. The molecular formula is C18H25IN4O2S. The predicted molar refractivity (Wildman–Crippen MR) is 119 cm³/mol. The number of guanidine groups is 1. The number of aliphatic imine (C=N–C) groups is 1. The van der Waals surface area contributed by atoms with Crippen LogP contribution in [0.4, 0.5) is 10.5 Å². The summed E-state index contributed by atoms with van der Waals surface area (Å²) < 4.78 is 4.57. The normalized spacial score (nSPS) is 10.7. The molecule has 2 aromatic rings. The number of halogens is 1. The molecule has 0 atom stereocenters. The van der Waals surface area contributed by atoms with E-state index in [9.17, 15) is 4.79 Å². The van der Waals surface area contributed by atoms with Gasteiger partial charge < -0.3 is 15.4 Å². The average Bonchev–Trinajstić information content (AvgIpc) is 3.03. The molecule has 0 unspecified atom stereocenters. The zero-order valence-electron chi connectivity index (χ0n) is 15.2. The lowest BCUT2D eigenvalue weighted by molar-refractivity contribution is 0.187. The van der Waals surface area contributed by atoms with Crippen molar-refractivity contribution in [2.24, 2.45) is 4.99 Å². The van der Waals surface area contributed by atoms with Gasteiger partial charge in [-0.25, -0.2) is 9.79 Å². The molecule has 0 aliphatic carbocycles. The van der Waals surface area contributed by atoms with Crippen LogP contribution in [0.15, 0.2) is 40.7 Å². The molecule has 142 valence electrons. The molecule has 3 N–H and O–H groups in total. The van der Waals surface area contributed by atoms with E-state index in [1.54, 1.807) is 11.3 Å². The summed E-state index contributed by atoms with van der Waals surface area (Å²) in [5.74, 6) is 0.784. The summed E-state index contributed by atoms with van der Waals surface area (Å²) >= 11 is 1.74. The Morgan fingerprint density at radius 2 is 1.92 bits per heavy atom. The molecule has 1 aromatic carbocycles. The SMILES string of the molecule is CCNC(=NCc1ccc(NC(=O)OC)cc1)NCc1sccc1C.I. The van der Waals surface area contributed by atoms with Gasteiger partial charge in [0, 0.05) is 17.1 Å². The number of thiophene rings is 1. The molecule has 0 aliphatic heterocycles. The van der Waals surface area contributed by atoms with Crippen LogP contribution in [0.1, 0.15) is 22.9 Å². The number of anilines is 1. The van der Waals surface area contributed by atoms with Crippen LogP contribution in [-0.2, 0) is 17.8 Å². The number of ether oxygens (including phenoxy) is 1. The fourth-order valence-electron chi connectivity index (χ4n) is 2.12. The third-order valence-electron chi connectivity index (χ3n) is 3.53. The molecular weight excluding hydrogens is 463 g/mol. The Labute approximate surface area is 175 Å². The van der Waals surface area contributed by atoms with Crippen molar-refractivity contribution in [3.63, 3.8) is 0 Å². The fraction of sp³-hybridized carbons (Fsp3) is 0.333. The van der Waals surface area contributed by atoms with Gasteiger partial charge in [-0.1, -0.05) is 12.1 Å². The molecule has 0 saturated heterocycles. The van der Waals surface area contributed by atoms with Gasteiger partial charge in [0.05, 0.1) is 20.2 Å². The van der Waals surface area contributed by atoms with E-state index in [0.717, 1.165) is 24.6 Å². The average molecular weight is 488 g/mol. The maximum absolute atomic E-state index is 11.2. The number of carbonyl (C=O) groups excluding carboxylic acids is 1. The maximum atomic E-state index is 11.2. The lowest BCUT2D eigenvalue weighted by Gasteiger charge is -2.11. The number of hydrogen-bond acceptors (Lipinski definition) is 4. The second-order valence-electron chi connectivity index (χ2n) is 5.39. The first-order chi connectivity index (χ1) is 12.1. The number of benzene rings is 1. The Kier molecular flexibility index (Phi) is 10.0. The largest absolute Gasteiger partial charge is 0.453 e. The van der Waals surface area contributed by atoms with Crippen LogP contribution in [0.2, 0.25) is 0 Å². The maximum Gasteiger partial charge on any atom is 0.411 e. The summed E-state index contributed by atoms with van der Waals surface area (Å²) in [5.41, 5.74) is 3.04. The quantitative estimate of drug-likeness (QED) is 0.325. The third-order valence-corrected chi connectivity index (χ3v) is 4.56. The van der Waals surface area contributed by atoms with Gasteiger partial charge in [-0.2, -0.15) is 0 Å². The number of carbonyl (C=O) groups is 1. The van der Waals surface area contributed by atoms with Crippen LogP contribution in [0.25, 0.3) is 0 Å². The molecule has 0 fully saturated rings. The Bertz CT molecular complexity index is 716. The Balaban J connectivity index is 0.00000338. The van der Waals surface area contributed by atoms with Crippen molar-refractivity contribution in [1.82, 2.24) is 10.6 Å². The first-order valence-electron chi connectivity index (χ1n) is 8.11. The number of aryl methyl sites for hydroxylation is 1. The molecule has 26 heavy (non-hydrogen) atoms. The third kappa shape index (κ3) is 7.20. The van der Waals surface area contributed by atoms with Crippen LogP contribution in [0.3, 0.4) is 0 Å². The molecule has 1 amide bonds. The van der Waals surface area contributed by atoms with Crippen molar-refractivity contribution in [2.45, 2.75) is 26.9 Å². The van der Waals surface area contributed by atoms with Gasteiger partial charge in [0.25, 0.3) is 0 Å². The molecule has 8 heteroatoms. The van der Waals surface area contributed by atoms with E-state index in [-0.39, 0.29) is 24.0 Å². The van der Waals surface area contributed by atoms with Crippen LogP contribution < -0.4 is 16.0 Å². The number of amides is 1. The minimum absolute atomic E-state index is 0. The highest BCUT2D eigenvalue weighted by Crippen LogP contribution is 2.15. The minimum Gasteiger partial charge on any atom is -0.453 e. The van der Waals surface area contributed by atoms with Crippen molar-refractivity contribution in [2.75, 3.05) is 19.0 Å². The summed E-state index contributed by atoms with van der Waals surface area (Å²) in [6, 6.07) is 9.65. The van der Waals surface area contributed by atoms with Crippen molar-refractivity contribution in [3.8, 4) is 0 Å². The van der Waals surface area contributed by atoms with E-state index in [1.807, 2.05) is 31.2 Å². The van der Waals surface area contributed by atoms with Crippen LogP contribution in [0.5, 0.6) is 0 Å². The summed E-state index contributed by atoms with van der Waals surface area (Å²) in [6.45, 7) is 6.27. The predicted octanol–water partition coefficient (Wildman–Crippen LogP) is 4.11. The first-order valence-corrected chi connectivity index (χ1v) is 8.99. The van der Waals surface area contributed by atoms with E-state index < -0.39 is 6.09 Å². The number of nitrogens with one attached hydrogen (secondary N) is 3. The number of methoxy groups -OCH3 is 1. The fourth-order valence-corrected chi connectivity index (χ4v) is 2.97. The van der Waals surface area contributed by atoms with E-state index in [2.05, 4.69) is 44.0 Å². The number of nitrogens with zero attached hydrogens (tertiary/aromatic N) is 1. The van der Waals surface area contributed by atoms with Crippen LogP contribution >= 0.6 is 35.3 Å². The van der Waals surface area contributed by atoms with E-state index in [0.29, 0.717) is 12.2 Å². The van der Waals surface area contributed by atoms with E-state index in [1.165, 1.54) is 17.6 Å². The van der Waals surface area contributed by atoms with E-state index >= 15 is 0 Å². The smallest absolute Gasteiger partial charge is 0.411 e. The van der Waals surface area contributed by atoms with Crippen molar-refractivity contribution in [1.29, 1.82) is 0 Å². The number of rotatable bonds is 6. The van der Waals surface area contributed by atoms with Crippen molar-refractivity contribution >= 4 is 53.1 Å². The highest BCUT2D eigenvalue weighted by atomic mass is 127. The van der Waals surface area contributed by atoms with Gasteiger partial charge in [-0.15, -0.1) is 35.3 Å². The molecule has 6 nitrogen and oxygen atoms in total. The lowest BCUT2D eigenvalue weighted by Crippen LogP contribution is -2.36. The highest BCUT2D eigenvalue weighted by molar-refractivity contribution is 14.0. The van der Waals surface area contributed by atoms with Gasteiger partial charge in [0.1, 0.15) is 0 Å².